The molecule has 0 radical (unpaired) electrons. The molecule has 5 aliphatic rings. The Labute approximate surface area is 197 Å². The molecular weight excluding hydrogens is 414 g/mol. The Morgan fingerprint density at radius 3 is 2.41 bits per heavy atom. The van der Waals surface area contributed by atoms with E-state index >= 15 is 0 Å². The molecule has 1 heterocycles. The summed E-state index contributed by atoms with van der Waals surface area (Å²) in [5.74, 6) is 3.32. The van der Waals surface area contributed by atoms with Crippen LogP contribution in [0.15, 0.2) is 0 Å². The largest absolute Gasteiger partial charge is 0.315 e. The predicted octanol–water partition coefficient (Wildman–Crippen LogP) is 6.00. The Morgan fingerprint density at radius 2 is 1.84 bits per heavy atom. The Kier molecular flexibility index (Phi) is 5.70. The molecular formula is C27H39N3OS. The van der Waals surface area contributed by atoms with Gasteiger partial charge in [-0.3, -0.25) is 9.69 Å². The SMILES string of the molecule is CCC(C)(C)C1CCc2c(sc(NC(=O)CN(C)C34CC5CC(CC(C5)C3)C4)c2C#N)C1. The lowest BCUT2D eigenvalue weighted by Gasteiger charge is -2.59. The third-order valence-corrected chi connectivity index (χ3v) is 11.0. The van der Waals surface area contributed by atoms with Crippen LogP contribution >= 0.6 is 11.3 Å². The zero-order valence-corrected chi connectivity index (χ0v) is 21.1. The van der Waals surface area contributed by atoms with E-state index in [0.717, 1.165) is 47.6 Å². The highest BCUT2D eigenvalue weighted by Gasteiger charge is 2.52. The van der Waals surface area contributed by atoms with Crippen molar-refractivity contribution in [2.45, 2.75) is 90.5 Å². The van der Waals surface area contributed by atoms with Crippen molar-refractivity contribution in [2.24, 2.45) is 29.1 Å². The first-order valence-corrected chi connectivity index (χ1v) is 13.6. The highest BCUT2D eigenvalue weighted by Crippen LogP contribution is 2.57. The van der Waals surface area contributed by atoms with Gasteiger partial charge in [-0.2, -0.15) is 5.26 Å². The Hall–Kier alpha value is -1.38. The van der Waals surface area contributed by atoms with Crippen molar-refractivity contribution in [3.05, 3.63) is 16.0 Å². The van der Waals surface area contributed by atoms with Crippen LogP contribution in [0, 0.1) is 40.4 Å². The van der Waals surface area contributed by atoms with E-state index in [1.807, 2.05) is 0 Å². The topological polar surface area (TPSA) is 56.1 Å². The lowest BCUT2D eigenvalue weighted by molar-refractivity contribution is -0.123. The van der Waals surface area contributed by atoms with Gasteiger partial charge >= 0.3 is 0 Å². The maximum Gasteiger partial charge on any atom is 0.239 e. The van der Waals surface area contributed by atoms with E-state index in [4.69, 9.17) is 0 Å². The maximum atomic E-state index is 13.1. The van der Waals surface area contributed by atoms with Crippen LogP contribution in [0.25, 0.3) is 0 Å². The zero-order chi connectivity index (χ0) is 22.7. The van der Waals surface area contributed by atoms with Crippen molar-refractivity contribution in [1.29, 1.82) is 5.26 Å². The van der Waals surface area contributed by atoms with Gasteiger partial charge in [-0.1, -0.05) is 27.2 Å². The number of rotatable bonds is 6. The number of nitrogens with zero attached hydrogens (tertiary/aromatic N) is 2. The molecule has 174 valence electrons. The molecule has 32 heavy (non-hydrogen) atoms. The molecule has 4 fully saturated rings. The second kappa shape index (κ2) is 8.13. The monoisotopic (exact) mass is 453 g/mol. The molecule has 1 aromatic heterocycles. The number of nitriles is 1. The standard InChI is InChI=1S/C27H39N3OS/c1-5-26(2,3)20-6-7-21-22(15-28)25(32-23(21)11-20)29-24(31)16-30(4)27-12-17-8-18(13-27)10-19(9-17)14-27/h17-20H,5-14,16H2,1-4H3,(H,29,31). The van der Waals surface area contributed by atoms with Gasteiger partial charge in [-0.25, -0.2) is 0 Å². The van der Waals surface area contributed by atoms with Gasteiger partial charge in [-0.05, 0) is 99.5 Å². The Balaban J connectivity index is 1.28. The van der Waals surface area contributed by atoms with Crippen LogP contribution in [0.3, 0.4) is 0 Å². The van der Waals surface area contributed by atoms with Crippen molar-refractivity contribution in [2.75, 3.05) is 18.9 Å². The van der Waals surface area contributed by atoms with E-state index in [-0.39, 0.29) is 11.4 Å². The lowest BCUT2D eigenvalue weighted by atomic mass is 9.52. The smallest absolute Gasteiger partial charge is 0.239 e. The molecule has 4 nitrogen and oxygen atoms in total. The zero-order valence-electron chi connectivity index (χ0n) is 20.3. The van der Waals surface area contributed by atoms with Crippen LogP contribution in [0.1, 0.15) is 88.1 Å². The van der Waals surface area contributed by atoms with Crippen LogP contribution in [0.4, 0.5) is 5.00 Å². The van der Waals surface area contributed by atoms with Crippen molar-refractivity contribution in [3.63, 3.8) is 0 Å². The molecule has 5 aliphatic carbocycles. The van der Waals surface area contributed by atoms with E-state index in [2.05, 4.69) is 44.1 Å². The average molecular weight is 454 g/mol. The first-order valence-electron chi connectivity index (χ1n) is 12.8. The van der Waals surface area contributed by atoms with Crippen molar-refractivity contribution >= 4 is 22.2 Å². The number of anilines is 1. The molecule has 1 unspecified atom stereocenters. The third kappa shape index (κ3) is 3.82. The second-order valence-electron chi connectivity index (χ2n) is 12.1. The molecule has 1 N–H and O–H groups in total. The van der Waals surface area contributed by atoms with E-state index < -0.39 is 0 Å². The minimum Gasteiger partial charge on any atom is -0.315 e. The van der Waals surface area contributed by atoms with Gasteiger partial charge in [0, 0.05) is 10.4 Å². The summed E-state index contributed by atoms with van der Waals surface area (Å²) in [6.45, 7) is 7.44. The normalized spacial score (nSPS) is 33.2. The molecule has 6 rings (SSSR count). The van der Waals surface area contributed by atoms with Gasteiger partial charge in [0.2, 0.25) is 5.91 Å². The molecule has 0 spiro atoms. The van der Waals surface area contributed by atoms with Crippen molar-refractivity contribution in [1.82, 2.24) is 4.90 Å². The van der Waals surface area contributed by atoms with E-state index in [0.29, 0.717) is 17.9 Å². The number of nitrogens with one attached hydrogen (secondary N) is 1. The Morgan fingerprint density at radius 1 is 1.22 bits per heavy atom. The molecule has 0 saturated heterocycles. The fourth-order valence-corrected chi connectivity index (χ4v) is 9.12. The quantitative estimate of drug-likeness (QED) is 0.575. The van der Waals surface area contributed by atoms with E-state index in [1.54, 1.807) is 11.3 Å². The summed E-state index contributed by atoms with van der Waals surface area (Å²) < 4.78 is 0. The minimum absolute atomic E-state index is 0.0452. The summed E-state index contributed by atoms with van der Waals surface area (Å²) in [5.41, 5.74) is 2.48. The summed E-state index contributed by atoms with van der Waals surface area (Å²) in [6.07, 6.45) is 12.4. The minimum atomic E-state index is 0.0452. The van der Waals surface area contributed by atoms with Gasteiger partial charge in [0.15, 0.2) is 0 Å². The number of likely N-dealkylation sites (N-methyl/N-ethyl adjacent to an activating group) is 1. The van der Waals surface area contributed by atoms with Crippen molar-refractivity contribution < 1.29 is 4.79 Å². The fraction of sp³-hybridized carbons (Fsp3) is 0.778. The predicted molar refractivity (Wildman–Crippen MR) is 131 cm³/mol. The number of thiophene rings is 1. The van der Waals surface area contributed by atoms with Gasteiger partial charge in [-0.15, -0.1) is 11.3 Å². The summed E-state index contributed by atoms with van der Waals surface area (Å²) >= 11 is 1.66. The van der Waals surface area contributed by atoms with Gasteiger partial charge < -0.3 is 5.32 Å². The number of carbonyl (C=O) groups is 1. The number of amides is 1. The maximum absolute atomic E-state index is 13.1. The highest BCUT2D eigenvalue weighted by atomic mass is 32.1. The van der Waals surface area contributed by atoms with Crippen LogP contribution in [-0.4, -0.2) is 29.9 Å². The van der Waals surface area contributed by atoms with Gasteiger partial charge in [0.05, 0.1) is 12.1 Å². The van der Waals surface area contributed by atoms with Crippen LogP contribution < -0.4 is 5.32 Å². The van der Waals surface area contributed by atoms with Gasteiger partial charge in [0.25, 0.3) is 0 Å². The molecule has 0 aliphatic heterocycles. The molecule has 1 aromatic rings. The molecule has 5 heteroatoms. The summed E-state index contributed by atoms with van der Waals surface area (Å²) in [7, 11) is 2.16. The molecule has 0 aromatic carbocycles. The van der Waals surface area contributed by atoms with Crippen LogP contribution in [0.5, 0.6) is 0 Å². The highest BCUT2D eigenvalue weighted by molar-refractivity contribution is 7.16. The molecule has 1 atom stereocenters. The first-order chi connectivity index (χ1) is 15.2. The first kappa shape index (κ1) is 22.4. The molecule has 4 saturated carbocycles. The number of fused-ring (bicyclic) bond motifs is 1. The number of hydrogen-bond acceptors (Lipinski definition) is 4. The summed E-state index contributed by atoms with van der Waals surface area (Å²) in [6, 6.07) is 2.42. The van der Waals surface area contributed by atoms with Crippen molar-refractivity contribution in [3.8, 4) is 6.07 Å². The average Bonchev–Trinajstić information content (AvgIpc) is 3.08. The lowest BCUT2D eigenvalue weighted by Crippen LogP contribution is -2.59. The Bertz CT molecular complexity index is 904. The molecule has 1 amide bonds. The van der Waals surface area contributed by atoms with Gasteiger partial charge in [0.1, 0.15) is 11.1 Å². The summed E-state index contributed by atoms with van der Waals surface area (Å²) in [4.78, 5) is 16.8. The summed E-state index contributed by atoms with van der Waals surface area (Å²) in [5, 5.41) is 13.8. The number of carbonyl (C=O) groups excluding carboxylic acids is 1. The molecule has 4 bridgehead atoms. The number of hydrogen-bond donors (Lipinski definition) is 1. The second-order valence-corrected chi connectivity index (χ2v) is 13.3. The van der Waals surface area contributed by atoms with Crippen LogP contribution in [0.2, 0.25) is 0 Å². The fourth-order valence-electron chi connectivity index (χ4n) is 7.83. The third-order valence-electron chi connectivity index (χ3n) is 9.84. The van der Waals surface area contributed by atoms with Crippen LogP contribution in [-0.2, 0) is 17.6 Å². The van der Waals surface area contributed by atoms with E-state index in [9.17, 15) is 10.1 Å². The van der Waals surface area contributed by atoms with E-state index in [1.165, 1.54) is 55.4 Å².